The van der Waals surface area contributed by atoms with E-state index < -0.39 is 9.84 Å². The molecule has 1 aliphatic heterocycles. The highest BCUT2D eigenvalue weighted by Crippen LogP contribution is 2.68. The van der Waals surface area contributed by atoms with Crippen molar-refractivity contribution < 1.29 is 12.8 Å². The first-order chi connectivity index (χ1) is 30.9. The van der Waals surface area contributed by atoms with E-state index in [0.717, 1.165) is 95.3 Å². The van der Waals surface area contributed by atoms with Crippen molar-refractivity contribution >= 4 is 48.8 Å². The maximum atomic E-state index is 15.1. The molecular formula is C58H45NO3S. The third-order valence-corrected chi connectivity index (χ3v) is 17.1. The Morgan fingerprint density at radius 2 is 1.05 bits per heavy atom. The number of furan rings is 1. The van der Waals surface area contributed by atoms with Gasteiger partial charge in [0.1, 0.15) is 11.2 Å². The predicted octanol–water partition coefficient (Wildman–Crippen LogP) is 14.9. The molecule has 5 heteroatoms. The van der Waals surface area contributed by atoms with Crippen LogP contribution in [0.5, 0.6) is 0 Å². The number of anilines is 3. The Kier molecular flexibility index (Phi) is 8.15. The van der Waals surface area contributed by atoms with Gasteiger partial charge in [-0.1, -0.05) is 133 Å². The maximum absolute atomic E-state index is 15.1. The Balaban J connectivity index is 0.971. The fourth-order valence-electron chi connectivity index (χ4n) is 13.0. The normalized spacial score (nSPS) is 22.6. The van der Waals surface area contributed by atoms with Crippen molar-refractivity contribution in [3.8, 4) is 33.4 Å². The number of benzene rings is 8. The lowest BCUT2D eigenvalue weighted by atomic mass is 9.42. The second-order valence-corrected chi connectivity index (χ2v) is 20.4. The molecule has 14 rings (SSSR count). The molecule has 0 radical (unpaired) electrons. The number of hydrogen-bond donors (Lipinski definition) is 0. The summed E-state index contributed by atoms with van der Waals surface area (Å²) in [6.07, 6.45) is 6.08. The third-order valence-electron chi connectivity index (χ3n) is 15.3. The van der Waals surface area contributed by atoms with Gasteiger partial charge in [0, 0.05) is 33.2 Å². The van der Waals surface area contributed by atoms with Crippen LogP contribution < -0.4 is 4.90 Å². The molecule has 0 amide bonds. The Labute approximate surface area is 368 Å². The first-order valence-electron chi connectivity index (χ1n) is 22.5. The lowest BCUT2D eigenvalue weighted by molar-refractivity contribution is -0.0446. The van der Waals surface area contributed by atoms with Crippen LogP contribution in [0, 0.1) is 23.7 Å². The molecule has 4 aliphatic carbocycles. The minimum Gasteiger partial charge on any atom is -0.456 e. The zero-order valence-corrected chi connectivity index (χ0v) is 35.6. The highest BCUT2D eigenvalue weighted by molar-refractivity contribution is 7.91. The van der Waals surface area contributed by atoms with Gasteiger partial charge in [0.05, 0.1) is 9.79 Å². The summed E-state index contributed by atoms with van der Waals surface area (Å²) in [5, 5.41) is 2.22. The van der Waals surface area contributed by atoms with Gasteiger partial charge in [0.25, 0.3) is 0 Å². The Morgan fingerprint density at radius 1 is 0.444 bits per heavy atom. The molecule has 0 unspecified atom stereocenters. The molecule has 0 saturated heterocycles. The number of para-hydroxylation sites is 1. The van der Waals surface area contributed by atoms with Crippen molar-refractivity contribution in [2.45, 2.75) is 47.3 Å². The fourth-order valence-corrected chi connectivity index (χ4v) is 14.8. The number of hydrogen-bond acceptors (Lipinski definition) is 4. The molecular weight excluding hydrogens is 791 g/mol. The Bertz CT molecular complexity index is 3360. The molecule has 0 atom stereocenters. The van der Waals surface area contributed by atoms with Crippen LogP contribution in [0.25, 0.3) is 55.3 Å². The summed E-state index contributed by atoms with van der Waals surface area (Å²) in [5.41, 5.74) is 12.9. The molecule has 4 fully saturated rings. The predicted molar refractivity (Wildman–Crippen MR) is 254 cm³/mol. The van der Waals surface area contributed by atoms with Crippen LogP contribution in [0.4, 0.5) is 17.1 Å². The monoisotopic (exact) mass is 835 g/mol. The molecule has 306 valence electrons. The Morgan fingerprint density at radius 3 is 1.86 bits per heavy atom. The van der Waals surface area contributed by atoms with Gasteiger partial charge in [-0.25, -0.2) is 8.42 Å². The van der Waals surface area contributed by atoms with Gasteiger partial charge in [0.2, 0.25) is 9.84 Å². The van der Waals surface area contributed by atoms with E-state index >= 15 is 8.42 Å². The summed E-state index contributed by atoms with van der Waals surface area (Å²) in [4.78, 5) is 3.21. The van der Waals surface area contributed by atoms with E-state index in [-0.39, 0.29) is 5.41 Å². The SMILES string of the molecule is O=S1(=O)c2ccccc2C2(c3ccc(N(c4ccc(-c5ccccc5-c5cccc6oc7ccccc7c56)cc4)c4cccc(-c5ccccc5)c4)cc31)C1CC3CC(C1)CC2C3. The molecule has 4 bridgehead atoms. The summed E-state index contributed by atoms with van der Waals surface area (Å²) in [7, 11) is -3.81. The summed E-state index contributed by atoms with van der Waals surface area (Å²) in [6, 6.07) is 65.3. The quantitative estimate of drug-likeness (QED) is 0.167. The molecule has 9 aromatic rings. The summed E-state index contributed by atoms with van der Waals surface area (Å²) < 4.78 is 36.4. The van der Waals surface area contributed by atoms with E-state index in [0.29, 0.717) is 21.6 Å². The largest absolute Gasteiger partial charge is 0.456 e. The average molecular weight is 836 g/mol. The molecule has 4 saturated carbocycles. The lowest BCUT2D eigenvalue weighted by Crippen LogP contribution is -2.57. The fraction of sp³-hybridized carbons (Fsp3) is 0.172. The van der Waals surface area contributed by atoms with E-state index in [9.17, 15) is 0 Å². The van der Waals surface area contributed by atoms with Gasteiger partial charge < -0.3 is 9.32 Å². The van der Waals surface area contributed by atoms with Crippen molar-refractivity contribution in [1.82, 2.24) is 0 Å². The maximum Gasteiger partial charge on any atom is 0.207 e. The van der Waals surface area contributed by atoms with Gasteiger partial charge in [-0.3, -0.25) is 0 Å². The number of rotatable bonds is 6. The second-order valence-electron chi connectivity index (χ2n) is 18.5. The molecule has 4 nitrogen and oxygen atoms in total. The highest BCUT2D eigenvalue weighted by atomic mass is 32.2. The minimum atomic E-state index is -3.81. The molecule has 5 aliphatic rings. The van der Waals surface area contributed by atoms with Gasteiger partial charge in [-0.2, -0.15) is 0 Å². The smallest absolute Gasteiger partial charge is 0.207 e. The van der Waals surface area contributed by atoms with Gasteiger partial charge in [-0.05, 0) is 155 Å². The second kappa shape index (κ2) is 13.9. The first kappa shape index (κ1) is 36.9. The molecule has 2 heterocycles. The molecule has 63 heavy (non-hydrogen) atoms. The van der Waals surface area contributed by atoms with Crippen molar-refractivity contribution in [1.29, 1.82) is 0 Å². The minimum absolute atomic E-state index is 0.288. The third kappa shape index (κ3) is 5.48. The van der Waals surface area contributed by atoms with Crippen LogP contribution in [0.15, 0.2) is 202 Å². The van der Waals surface area contributed by atoms with Gasteiger partial charge in [0.15, 0.2) is 0 Å². The van der Waals surface area contributed by atoms with Crippen LogP contribution >= 0.6 is 0 Å². The number of sulfone groups is 1. The van der Waals surface area contributed by atoms with E-state index in [1.807, 2.05) is 42.5 Å². The zero-order valence-electron chi connectivity index (χ0n) is 34.8. The van der Waals surface area contributed by atoms with Crippen molar-refractivity contribution in [3.63, 3.8) is 0 Å². The first-order valence-corrected chi connectivity index (χ1v) is 24.0. The van der Waals surface area contributed by atoms with Crippen LogP contribution in [0.1, 0.15) is 43.2 Å². The van der Waals surface area contributed by atoms with Crippen LogP contribution in [0.3, 0.4) is 0 Å². The van der Waals surface area contributed by atoms with Crippen molar-refractivity contribution in [2.75, 3.05) is 4.90 Å². The summed E-state index contributed by atoms with van der Waals surface area (Å²) in [6.45, 7) is 0. The molecule has 8 aromatic carbocycles. The molecule has 0 N–H and O–H groups in total. The van der Waals surface area contributed by atoms with E-state index in [1.54, 1.807) is 0 Å². The van der Waals surface area contributed by atoms with E-state index in [2.05, 4.69) is 150 Å². The van der Waals surface area contributed by atoms with E-state index in [1.165, 1.54) is 32.1 Å². The highest BCUT2D eigenvalue weighted by Gasteiger charge is 2.62. The van der Waals surface area contributed by atoms with Crippen molar-refractivity contribution in [2.24, 2.45) is 23.7 Å². The number of fused-ring (bicyclic) bond motifs is 5. The average Bonchev–Trinajstić information content (AvgIpc) is 3.71. The molecule has 1 spiro atoms. The van der Waals surface area contributed by atoms with Crippen LogP contribution in [-0.2, 0) is 15.3 Å². The summed E-state index contributed by atoms with van der Waals surface area (Å²) in [5.74, 6) is 2.41. The van der Waals surface area contributed by atoms with Crippen molar-refractivity contribution in [3.05, 3.63) is 199 Å². The Hall–Kier alpha value is -6.69. The lowest BCUT2D eigenvalue weighted by Gasteiger charge is -2.63. The van der Waals surface area contributed by atoms with Gasteiger partial charge >= 0.3 is 0 Å². The van der Waals surface area contributed by atoms with Crippen LogP contribution in [-0.4, -0.2) is 8.42 Å². The topological polar surface area (TPSA) is 50.5 Å². The zero-order chi connectivity index (χ0) is 41.9. The molecule has 1 aromatic heterocycles. The van der Waals surface area contributed by atoms with E-state index in [4.69, 9.17) is 4.42 Å². The van der Waals surface area contributed by atoms with Gasteiger partial charge in [-0.15, -0.1) is 0 Å². The van der Waals surface area contributed by atoms with Crippen LogP contribution in [0.2, 0.25) is 0 Å². The summed E-state index contributed by atoms with van der Waals surface area (Å²) >= 11 is 0. The standard InChI is InChI=1S/C58H45NO3S/c60-63(61)55-23-9-7-20-51(55)58(42-31-37-30-38(33-42)34-43(58)32-37)52-29-28-46(36-56(52)63)59(45-15-10-14-41(35-45)39-12-2-1-3-13-39)44-26-24-40(25-27-44)47-16-4-5-17-48(47)49-19-11-22-54-57(49)50-18-6-8-21-53(50)62-54/h1-29,35-38,42-43H,30-34H2. The number of nitrogens with zero attached hydrogens (tertiary/aromatic N) is 1.